The van der Waals surface area contributed by atoms with Crippen LogP contribution >= 0.6 is 11.8 Å². The molecule has 1 amide bonds. The number of nitrogens with one attached hydrogen (secondary N) is 1. The zero-order chi connectivity index (χ0) is 14.4. The molecule has 1 heterocycles. The zero-order valence-corrected chi connectivity index (χ0v) is 12.3. The molecule has 0 aromatic heterocycles. The van der Waals surface area contributed by atoms with Crippen molar-refractivity contribution < 1.29 is 9.53 Å². The van der Waals surface area contributed by atoms with Crippen LogP contribution in [0, 0.1) is 11.3 Å². The zero-order valence-electron chi connectivity index (χ0n) is 11.5. The number of thioether (sulfide) groups is 1. The van der Waals surface area contributed by atoms with Crippen LogP contribution in [0.2, 0.25) is 0 Å². The molecule has 1 aromatic carbocycles. The minimum Gasteiger partial charge on any atom is -0.376 e. The molecule has 2 rings (SSSR count). The second kappa shape index (κ2) is 7.32. The Morgan fingerprint density at radius 3 is 3.20 bits per heavy atom. The van der Waals surface area contributed by atoms with E-state index in [4.69, 9.17) is 10.00 Å². The molecule has 0 saturated carbocycles. The number of hydrogen-bond donors (Lipinski definition) is 1. The number of carbonyl (C=O) groups excluding carboxylic acids is 1. The van der Waals surface area contributed by atoms with Gasteiger partial charge in [-0.3, -0.25) is 4.79 Å². The lowest BCUT2D eigenvalue weighted by Crippen LogP contribution is -2.36. The van der Waals surface area contributed by atoms with Crippen LogP contribution in [0.5, 0.6) is 0 Å². The molecule has 5 heteroatoms. The molecule has 0 unspecified atom stereocenters. The standard InChI is InChI=1S/C15H18N2O2S/c1-11(15(18)17-10-13-5-3-7-19-13)20-14-6-2-4-12(8-14)9-16/h2,4,6,8,11,13H,3,5,7,10H2,1H3,(H,17,18)/t11-,13-/m1/s1. The summed E-state index contributed by atoms with van der Waals surface area (Å²) >= 11 is 1.46. The second-order valence-corrected chi connectivity index (χ2v) is 6.19. The first-order valence-electron chi connectivity index (χ1n) is 6.75. The third-order valence-corrected chi connectivity index (χ3v) is 4.27. The van der Waals surface area contributed by atoms with E-state index in [1.807, 2.05) is 19.1 Å². The minimum atomic E-state index is -0.189. The van der Waals surface area contributed by atoms with Crippen molar-refractivity contribution in [2.75, 3.05) is 13.2 Å². The summed E-state index contributed by atoms with van der Waals surface area (Å²) in [7, 11) is 0. The van der Waals surface area contributed by atoms with E-state index in [0.717, 1.165) is 24.3 Å². The van der Waals surface area contributed by atoms with Crippen LogP contribution in [-0.2, 0) is 9.53 Å². The van der Waals surface area contributed by atoms with Crippen molar-refractivity contribution in [2.45, 2.75) is 36.0 Å². The fraction of sp³-hybridized carbons (Fsp3) is 0.467. The van der Waals surface area contributed by atoms with Crippen LogP contribution in [0.3, 0.4) is 0 Å². The van der Waals surface area contributed by atoms with Crippen LogP contribution in [0.15, 0.2) is 29.2 Å². The highest BCUT2D eigenvalue weighted by molar-refractivity contribution is 8.00. The van der Waals surface area contributed by atoms with E-state index in [1.165, 1.54) is 11.8 Å². The van der Waals surface area contributed by atoms with Gasteiger partial charge in [0.15, 0.2) is 0 Å². The smallest absolute Gasteiger partial charge is 0.233 e. The summed E-state index contributed by atoms with van der Waals surface area (Å²) in [6.45, 7) is 3.25. The van der Waals surface area contributed by atoms with E-state index in [9.17, 15) is 4.79 Å². The highest BCUT2D eigenvalue weighted by Gasteiger charge is 2.19. The minimum absolute atomic E-state index is 0.00728. The van der Waals surface area contributed by atoms with Crippen molar-refractivity contribution in [3.05, 3.63) is 29.8 Å². The number of ether oxygens (including phenoxy) is 1. The van der Waals surface area contributed by atoms with Crippen molar-refractivity contribution in [3.8, 4) is 6.07 Å². The molecule has 1 aliphatic heterocycles. The maximum Gasteiger partial charge on any atom is 0.233 e. The third kappa shape index (κ3) is 4.26. The predicted molar refractivity (Wildman–Crippen MR) is 78.5 cm³/mol. The monoisotopic (exact) mass is 290 g/mol. The van der Waals surface area contributed by atoms with Gasteiger partial charge in [0.05, 0.1) is 23.0 Å². The van der Waals surface area contributed by atoms with E-state index in [0.29, 0.717) is 12.1 Å². The molecule has 1 N–H and O–H groups in total. The molecule has 0 spiro atoms. The highest BCUT2D eigenvalue weighted by Crippen LogP contribution is 2.24. The molecule has 0 radical (unpaired) electrons. The molecule has 1 fully saturated rings. The summed E-state index contributed by atoms with van der Waals surface area (Å²) < 4.78 is 5.47. The quantitative estimate of drug-likeness (QED) is 0.845. The molecule has 0 bridgehead atoms. The van der Waals surface area contributed by atoms with Gasteiger partial charge < -0.3 is 10.1 Å². The number of hydrogen-bond acceptors (Lipinski definition) is 4. The van der Waals surface area contributed by atoms with E-state index in [-0.39, 0.29) is 17.3 Å². The number of amides is 1. The normalized spacial score (nSPS) is 19.3. The van der Waals surface area contributed by atoms with Crippen molar-refractivity contribution in [2.24, 2.45) is 0 Å². The summed E-state index contributed by atoms with van der Waals surface area (Å²) in [6, 6.07) is 9.40. The lowest BCUT2D eigenvalue weighted by Gasteiger charge is -2.14. The molecule has 20 heavy (non-hydrogen) atoms. The molecule has 1 aromatic rings. The van der Waals surface area contributed by atoms with Crippen molar-refractivity contribution in [3.63, 3.8) is 0 Å². The van der Waals surface area contributed by atoms with Gasteiger partial charge in [0.1, 0.15) is 0 Å². The molecular weight excluding hydrogens is 272 g/mol. The Balaban J connectivity index is 1.82. The Kier molecular flexibility index (Phi) is 5.45. The maximum atomic E-state index is 12.0. The lowest BCUT2D eigenvalue weighted by atomic mass is 10.2. The van der Waals surface area contributed by atoms with Crippen LogP contribution < -0.4 is 5.32 Å². The fourth-order valence-electron chi connectivity index (χ4n) is 2.06. The van der Waals surface area contributed by atoms with Gasteiger partial charge in [-0.15, -0.1) is 11.8 Å². The highest BCUT2D eigenvalue weighted by atomic mass is 32.2. The molecule has 4 nitrogen and oxygen atoms in total. The number of carbonyl (C=O) groups is 1. The Bertz CT molecular complexity index is 507. The van der Waals surface area contributed by atoms with Gasteiger partial charge in [-0.2, -0.15) is 5.26 Å². The molecule has 0 aliphatic carbocycles. The van der Waals surface area contributed by atoms with Crippen LogP contribution in [0.1, 0.15) is 25.3 Å². The van der Waals surface area contributed by atoms with Crippen LogP contribution in [0.4, 0.5) is 0 Å². The average molecular weight is 290 g/mol. The van der Waals surface area contributed by atoms with Gasteiger partial charge >= 0.3 is 0 Å². The maximum absolute atomic E-state index is 12.0. The first-order valence-corrected chi connectivity index (χ1v) is 7.63. The van der Waals surface area contributed by atoms with Crippen LogP contribution in [-0.4, -0.2) is 30.4 Å². The Morgan fingerprint density at radius 1 is 1.65 bits per heavy atom. The van der Waals surface area contributed by atoms with E-state index in [1.54, 1.807) is 12.1 Å². The summed E-state index contributed by atoms with van der Waals surface area (Å²) in [5.41, 5.74) is 0.613. The van der Waals surface area contributed by atoms with Gasteiger partial charge in [0, 0.05) is 18.0 Å². The molecule has 1 aliphatic rings. The van der Waals surface area contributed by atoms with Gasteiger partial charge in [-0.25, -0.2) is 0 Å². The molecule has 106 valence electrons. The number of nitriles is 1. The summed E-state index contributed by atoms with van der Waals surface area (Å²) in [5.74, 6) is 0.00728. The summed E-state index contributed by atoms with van der Waals surface area (Å²) in [4.78, 5) is 12.9. The number of rotatable bonds is 5. The van der Waals surface area contributed by atoms with E-state index < -0.39 is 0 Å². The molecule has 2 atom stereocenters. The largest absolute Gasteiger partial charge is 0.376 e. The van der Waals surface area contributed by atoms with Crippen molar-refractivity contribution in [1.29, 1.82) is 5.26 Å². The van der Waals surface area contributed by atoms with E-state index >= 15 is 0 Å². The SMILES string of the molecule is C[C@@H](Sc1cccc(C#N)c1)C(=O)NC[C@H]1CCCO1. The Labute approximate surface area is 123 Å². The number of nitrogens with zero attached hydrogens (tertiary/aromatic N) is 1. The van der Waals surface area contributed by atoms with Gasteiger partial charge in [-0.1, -0.05) is 6.07 Å². The third-order valence-electron chi connectivity index (χ3n) is 3.17. The van der Waals surface area contributed by atoms with Gasteiger partial charge in [0.2, 0.25) is 5.91 Å². The fourth-order valence-corrected chi connectivity index (χ4v) is 3.01. The predicted octanol–water partition coefficient (Wildman–Crippen LogP) is 2.33. The average Bonchev–Trinajstić information content (AvgIpc) is 2.98. The summed E-state index contributed by atoms with van der Waals surface area (Å²) in [5, 5.41) is 11.6. The Morgan fingerprint density at radius 2 is 2.50 bits per heavy atom. The van der Waals surface area contributed by atoms with Crippen LogP contribution in [0.25, 0.3) is 0 Å². The first kappa shape index (κ1) is 14.9. The van der Waals surface area contributed by atoms with Crippen molar-refractivity contribution >= 4 is 17.7 Å². The van der Waals surface area contributed by atoms with Gasteiger partial charge in [-0.05, 0) is 38.0 Å². The first-order chi connectivity index (χ1) is 9.69. The number of benzene rings is 1. The molecular formula is C15H18N2O2S. The summed E-state index contributed by atoms with van der Waals surface area (Å²) in [6.07, 6.45) is 2.26. The van der Waals surface area contributed by atoms with Crippen molar-refractivity contribution in [1.82, 2.24) is 5.32 Å². The van der Waals surface area contributed by atoms with Gasteiger partial charge in [0.25, 0.3) is 0 Å². The topological polar surface area (TPSA) is 62.1 Å². The van der Waals surface area contributed by atoms with E-state index in [2.05, 4.69) is 11.4 Å². The molecule has 1 saturated heterocycles. The Hall–Kier alpha value is -1.51. The second-order valence-electron chi connectivity index (χ2n) is 4.78. The lowest BCUT2D eigenvalue weighted by molar-refractivity contribution is -0.120.